The standard InChI is InChI=1S/C31H32BrNO5/c1-30(2)12-21-27(23(34)14-30)26(28-22(33-21)13-31(3,4)15-24(28)35)20-11-19(32)9-10-25(20)38-16-17-5-7-18(8-6-17)29(36)37/h5-11,26,33H,12-16H2,1-4H3,(H,36,37). The largest absolute Gasteiger partial charge is 0.489 e. The van der Waals surface area contributed by atoms with E-state index in [0.717, 1.165) is 39.8 Å². The maximum absolute atomic E-state index is 13.7. The molecule has 0 atom stereocenters. The first-order valence-electron chi connectivity index (χ1n) is 12.9. The Hall–Kier alpha value is -3.19. The van der Waals surface area contributed by atoms with E-state index in [9.17, 15) is 19.5 Å². The second kappa shape index (κ2) is 9.53. The lowest BCUT2D eigenvalue weighted by Gasteiger charge is -2.44. The lowest BCUT2D eigenvalue weighted by atomic mass is 9.64. The summed E-state index contributed by atoms with van der Waals surface area (Å²) in [7, 11) is 0. The van der Waals surface area contributed by atoms with Crippen LogP contribution >= 0.6 is 15.9 Å². The summed E-state index contributed by atoms with van der Waals surface area (Å²) in [5.41, 5.74) is 4.64. The van der Waals surface area contributed by atoms with Crippen molar-refractivity contribution in [3.8, 4) is 5.75 Å². The molecule has 2 aromatic carbocycles. The van der Waals surface area contributed by atoms with Gasteiger partial charge in [0.15, 0.2) is 11.6 Å². The number of dihydropyridines is 1. The lowest BCUT2D eigenvalue weighted by molar-refractivity contribution is -0.119. The number of hydrogen-bond acceptors (Lipinski definition) is 5. The Labute approximate surface area is 231 Å². The minimum Gasteiger partial charge on any atom is -0.489 e. The number of carbonyl (C=O) groups excluding carboxylic acids is 2. The molecule has 0 aromatic heterocycles. The second-order valence-corrected chi connectivity index (χ2v) is 13.1. The first-order chi connectivity index (χ1) is 17.8. The zero-order chi connectivity index (χ0) is 27.4. The van der Waals surface area contributed by atoms with Gasteiger partial charge in [-0.25, -0.2) is 4.79 Å². The molecule has 0 unspecified atom stereocenters. The molecule has 198 valence electrons. The zero-order valence-electron chi connectivity index (χ0n) is 22.1. The van der Waals surface area contributed by atoms with Gasteiger partial charge in [0.2, 0.25) is 0 Å². The maximum Gasteiger partial charge on any atom is 0.335 e. The molecule has 38 heavy (non-hydrogen) atoms. The third kappa shape index (κ3) is 5.08. The molecular formula is C31H32BrNO5. The molecule has 0 saturated heterocycles. The molecule has 3 aliphatic rings. The van der Waals surface area contributed by atoms with E-state index in [1.165, 1.54) is 0 Å². The van der Waals surface area contributed by atoms with Crippen molar-refractivity contribution in [2.24, 2.45) is 10.8 Å². The average molecular weight is 579 g/mol. The number of benzene rings is 2. The first kappa shape index (κ1) is 26.4. The molecule has 2 N–H and O–H groups in total. The summed E-state index contributed by atoms with van der Waals surface area (Å²) in [6, 6.07) is 12.3. The summed E-state index contributed by atoms with van der Waals surface area (Å²) in [6.45, 7) is 8.64. The molecule has 7 heteroatoms. The van der Waals surface area contributed by atoms with Crippen LogP contribution in [0.3, 0.4) is 0 Å². The van der Waals surface area contributed by atoms with Crippen LogP contribution < -0.4 is 10.1 Å². The van der Waals surface area contributed by atoms with Gasteiger partial charge in [0.05, 0.1) is 5.56 Å². The number of Topliss-reactive ketones (excluding diaryl/α,β-unsaturated/α-hetero) is 2. The van der Waals surface area contributed by atoms with Crippen LogP contribution in [-0.4, -0.2) is 22.6 Å². The summed E-state index contributed by atoms with van der Waals surface area (Å²) >= 11 is 3.59. The van der Waals surface area contributed by atoms with E-state index in [1.54, 1.807) is 24.3 Å². The highest BCUT2D eigenvalue weighted by molar-refractivity contribution is 9.10. The average Bonchev–Trinajstić information content (AvgIpc) is 2.80. The van der Waals surface area contributed by atoms with Gasteiger partial charge in [-0.05, 0) is 59.6 Å². The number of allylic oxidation sites excluding steroid dienone is 4. The van der Waals surface area contributed by atoms with Crippen LogP contribution in [0.4, 0.5) is 0 Å². The van der Waals surface area contributed by atoms with Crippen molar-refractivity contribution in [2.45, 2.75) is 65.9 Å². The molecule has 0 spiro atoms. The molecule has 5 rings (SSSR count). The van der Waals surface area contributed by atoms with Crippen molar-refractivity contribution in [1.82, 2.24) is 5.32 Å². The van der Waals surface area contributed by atoms with E-state index in [0.29, 0.717) is 29.7 Å². The summed E-state index contributed by atoms with van der Waals surface area (Å²) in [5.74, 6) is -0.764. The van der Waals surface area contributed by atoms with Gasteiger partial charge in [-0.2, -0.15) is 0 Å². The van der Waals surface area contributed by atoms with Crippen molar-refractivity contribution in [3.63, 3.8) is 0 Å². The second-order valence-electron chi connectivity index (χ2n) is 12.2. The van der Waals surface area contributed by atoms with Gasteiger partial charge in [-0.3, -0.25) is 9.59 Å². The van der Waals surface area contributed by atoms with Crippen LogP contribution in [0.25, 0.3) is 0 Å². The summed E-state index contributed by atoms with van der Waals surface area (Å²) in [4.78, 5) is 38.5. The monoisotopic (exact) mass is 577 g/mol. The summed E-state index contributed by atoms with van der Waals surface area (Å²) < 4.78 is 7.12. The number of carboxylic acids is 1. The SMILES string of the molecule is CC1(C)CC(=O)C2=C(C1)NC1=C(C(=O)CC(C)(C)C1)C2c1cc(Br)ccc1OCc1ccc(C(=O)O)cc1. The van der Waals surface area contributed by atoms with Crippen LogP contribution in [-0.2, 0) is 16.2 Å². The van der Waals surface area contributed by atoms with E-state index in [-0.39, 0.29) is 34.6 Å². The Morgan fingerprint density at radius 2 is 1.47 bits per heavy atom. The number of hydrogen-bond donors (Lipinski definition) is 2. The van der Waals surface area contributed by atoms with Gasteiger partial charge in [-0.1, -0.05) is 55.8 Å². The van der Waals surface area contributed by atoms with Crippen molar-refractivity contribution in [1.29, 1.82) is 0 Å². The highest BCUT2D eigenvalue weighted by Gasteiger charge is 2.47. The van der Waals surface area contributed by atoms with E-state index < -0.39 is 11.9 Å². The minimum absolute atomic E-state index is 0.0631. The molecule has 0 saturated carbocycles. The molecule has 2 aromatic rings. The van der Waals surface area contributed by atoms with Gasteiger partial charge < -0.3 is 15.2 Å². The summed E-state index contributed by atoms with van der Waals surface area (Å²) in [5, 5.41) is 12.7. The molecule has 0 fully saturated rings. The predicted octanol–water partition coefficient (Wildman–Crippen LogP) is 6.70. The molecule has 6 nitrogen and oxygen atoms in total. The van der Waals surface area contributed by atoms with Crippen molar-refractivity contribution in [2.75, 3.05) is 0 Å². The van der Waals surface area contributed by atoms with Gasteiger partial charge >= 0.3 is 5.97 Å². The lowest BCUT2D eigenvalue weighted by Crippen LogP contribution is -2.42. The fourth-order valence-electron chi connectivity index (χ4n) is 5.98. The zero-order valence-corrected chi connectivity index (χ0v) is 23.7. The topological polar surface area (TPSA) is 92.7 Å². The third-order valence-corrected chi connectivity index (χ3v) is 8.09. The number of aromatic carboxylic acids is 1. The number of ketones is 2. The molecule has 0 amide bonds. The van der Waals surface area contributed by atoms with Crippen LogP contribution in [0.2, 0.25) is 0 Å². The molecular weight excluding hydrogens is 546 g/mol. The molecule has 0 bridgehead atoms. The van der Waals surface area contributed by atoms with Crippen LogP contribution in [0.15, 0.2) is 69.5 Å². The quantitative estimate of drug-likeness (QED) is 0.410. The van der Waals surface area contributed by atoms with Crippen LogP contribution in [0.1, 0.15) is 80.8 Å². The van der Waals surface area contributed by atoms with E-state index in [4.69, 9.17) is 4.74 Å². The molecule has 1 aliphatic heterocycles. The van der Waals surface area contributed by atoms with E-state index >= 15 is 0 Å². The van der Waals surface area contributed by atoms with E-state index in [2.05, 4.69) is 48.9 Å². The Kier molecular flexibility index (Phi) is 6.62. The minimum atomic E-state index is -0.979. The summed E-state index contributed by atoms with van der Waals surface area (Å²) in [6.07, 6.45) is 2.31. The fraction of sp³-hybridized carbons (Fsp3) is 0.387. The van der Waals surface area contributed by atoms with Crippen molar-refractivity contribution >= 4 is 33.5 Å². The highest BCUT2D eigenvalue weighted by Crippen LogP contribution is 2.52. The van der Waals surface area contributed by atoms with Gasteiger partial charge in [0.1, 0.15) is 12.4 Å². The predicted molar refractivity (Wildman–Crippen MR) is 148 cm³/mol. The maximum atomic E-state index is 13.7. The number of nitrogens with one attached hydrogen (secondary N) is 1. The molecule has 0 radical (unpaired) electrons. The number of halogens is 1. The normalized spacial score (nSPS) is 20.6. The van der Waals surface area contributed by atoms with Gasteiger partial charge in [0.25, 0.3) is 0 Å². The number of rotatable bonds is 5. The van der Waals surface area contributed by atoms with Crippen LogP contribution in [0, 0.1) is 10.8 Å². The van der Waals surface area contributed by atoms with Crippen molar-refractivity contribution < 1.29 is 24.2 Å². The van der Waals surface area contributed by atoms with Crippen LogP contribution in [0.5, 0.6) is 5.75 Å². The van der Waals surface area contributed by atoms with Gasteiger partial charge in [-0.15, -0.1) is 0 Å². The van der Waals surface area contributed by atoms with Gasteiger partial charge in [0, 0.05) is 51.3 Å². The Balaban J connectivity index is 1.59. The molecule has 2 aliphatic carbocycles. The smallest absolute Gasteiger partial charge is 0.335 e. The number of ether oxygens (including phenoxy) is 1. The third-order valence-electron chi connectivity index (χ3n) is 7.60. The highest BCUT2D eigenvalue weighted by atomic mass is 79.9. The number of carboxylic acid groups (broad SMARTS) is 1. The molecule has 1 heterocycles. The first-order valence-corrected chi connectivity index (χ1v) is 13.7. The Morgan fingerprint density at radius 1 is 0.921 bits per heavy atom. The Bertz CT molecular complexity index is 1360. The number of carbonyl (C=O) groups is 3. The Morgan fingerprint density at radius 3 is 2.00 bits per heavy atom. The fourth-order valence-corrected chi connectivity index (χ4v) is 6.36. The van der Waals surface area contributed by atoms with E-state index in [1.807, 2.05) is 18.2 Å². The van der Waals surface area contributed by atoms with Crippen molar-refractivity contribution in [3.05, 3.63) is 86.2 Å².